The average molecular weight is 410 g/mol. The molecule has 0 aliphatic carbocycles. The van der Waals surface area contributed by atoms with Gasteiger partial charge < -0.3 is 14.5 Å². The van der Waals surface area contributed by atoms with Gasteiger partial charge in [-0.2, -0.15) is 5.10 Å². The van der Waals surface area contributed by atoms with Crippen LogP contribution in [-0.4, -0.2) is 59.3 Å². The second kappa shape index (κ2) is 9.00. The monoisotopic (exact) mass is 409 g/mol. The molecule has 1 N–H and O–H groups in total. The van der Waals surface area contributed by atoms with Crippen molar-refractivity contribution in [3.63, 3.8) is 0 Å². The molecular formula is C21H23N5O2S. The van der Waals surface area contributed by atoms with Crippen LogP contribution >= 0.6 is 11.8 Å². The van der Waals surface area contributed by atoms with Crippen molar-refractivity contribution in [2.24, 2.45) is 0 Å². The Bertz CT molecular complexity index is 938. The summed E-state index contributed by atoms with van der Waals surface area (Å²) in [5.41, 5.74) is 2.93. The van der Waals surface area contributed by atoms with Crippen molar-refractivity contribution in [2.75, 3.05) is 38.2 Å². The molecule has 7 nitrogen and oxygen atoms in total. The van der Waals surface area contributed by atoms with E-state index in [1.54, 1.807) is 18.9 Å². The maximum atomic E-state index is 13.2. The number of amides is 1. The normalized spacial score (nSPS) is 14.1. The van der Waals surface area contributed by atoms with Gasteiger partial charge in [-0.05, 0) is 35.9 Å². The largest absolute Gasteiger partial charge is 0.497 e. The molecule has 1 aromatic heterocycles. The SMILES string of the molecule is COc1ccc(N2CCN(C(=O)c3ccccc3CSc3ncn[nH]3)CC2)cc1. The smallest absolute Gasteiger partial charge is 0.254 e. The minimum Gasteiger partial charge on any atom is -0.497 e. The van der Waals surface area contributed by atoms with Gasteiger partial charge in [0, 0.05) is 43.2 Å². The number of carbonyl (C=O) groups excluding carboxylic acids is 1. The van der Waals surface area contributed by atoms with Crippen LogP contribution in [0, 0.1) is 0 Å². The van der Waals surface area contributed by atoms with Gasteiger partial charge in [0.2, 0.25) is 0 Å². The number of aromatic nitrogens is 3. The van der Waals surface area contributed by atoms with Gasteiger partial charge in [-0.15, -0.1) is 0 Å². The summed E-state index contributed by atoms with van der Waals surface area (Å²) in [4.78, 5) is 21.5. The van der Waals surface area contributed by atoms with E-state index in [1.807, 2.05) is 41.3 Å². The van der Waals surface area contributed by atoms with Crippen molar-refractivity contribution in [3.8, 4) is 5.75 Å². The molecule has 0 radical (unpaired) electrons. The Kier molecular flexibility index (Phi) is 6.00. The van der Waals surface area contributed by atoms with Crippen LogP contribution in [0.1, 0.15) is 15.9 Å². The number of thioether (sulfide) groups is 1. The highest BCUT2D eigenvalue weighted by molar-refractivity contribution is 7.98. The lowest BCUT2D eigenvalue weighted by Gasteiger charge is -2.36. The highest BCUT2D eigenvalue weighted by atomic mass is 32.2. The zero-order chi connectivity index (χ0) is 20.1. The summed E-state index contributed by atoms with van der Waals surface area (Å²) in [5.74, 6) is 1.61. The topological polar surface area (TPSA) is 74.3 Å². The fourth-order valence-electron chi connectivity index (χ4n) is 3.40. The Balaban J connectivity index is 1.39. The summed E-state index contributed by atoms with van der Waals surface area (Å²) in [6.45, 7) is 3.03. The minimum atomic E-state index is 0.0909. The number of anilines is 1. The Hall–Kier alpha value is -3.00. The standard InChI is InChI=1S/C21H23N5O2S/c1-28-18-8-6-17(7-9-18)25-10-12-26(13-11-25)20(27)19-5-3-2-4-16(19)14-29-21-22-15-23-24-21/h2-9,15H,10-14H2,1H3,(H,22,23,24). The van der Waals surface area contributed by atoms with Crippen molar-refractivity contribution in [1.82, 2.24) is 20.1 Å². The summed E-state index contributed by atoms with van der Waals surface area (Å²) in [6, 6.07) is 15.9. The van der Waals surface area contributed by atoms with Gasteiger partial charge in [0.05, 0.1) is 7.11 Å². The molecule has 1 aliphatic rings. The third-order valence-electron chi connectivity index (χ3n) is 5.01. The highest BCUT2D eigenvalue weighted by Crippen LogP contribution is 2.24. The molecule has 0 spiro atoms. The Labute approximate surface area is 174 Å². The van der Waals surface area contributed by atoms with E-state index < -0.39 is 0 Å². The number of hydrogen-bond donors (Lipinski definition) is 1. The summed E-state index contributed by atoms with van der Waals surface area (Å²) >= 11 is 1.54. The van der Waals surface area contributed by atoms with Gasteiger partial charge >= 0.3 is 0 Å². The summed E-state index contributed by atoms with van der Waals surface area (Å²) in [5, 5.41) is 7.45. The molecule has 1 amide bonds. The fraction of sp³-hybridized carbons (Fsp3) is 0.286. The van der Waals surface area contributed by atoms with Crippen LogP contribution in [0.15, 0.2) is 60.0 Å². The van der Waals surface area contributed by atoms with Gasteiger partial charge in [0.25, 0.3) is 5.91 Å². The number of aromatic amines is 1. The first-order chi connectivity index (χ1) is 14.2. The summed E-state index contributed by atoms with van der Waals surface area (Å²) in [7, 11) is 1.67. The van der Waals surface area contributed by atoms with E-state index in [9.17, 15) is 4.79 Å². The Morgan fingerprint density at radius 3 is 2.55 bits per heavy atom. The molecule has 0 atom stereocenters. The number of carbonyl (C=O) groups is 1. The van der Waals surface area contributed by atoms with E-state index in [-0.39, 0.29) is 5.91 Å². The maximum Gasteiger partial charge on any atom is 0.254 e. The van der Waals surface area contributed by atoms with E-state index in [0.29, 0.717) is 18.8 Å². The quantitative estimate of drug-likeness (QED) is 0.631. The van der Waals surface area contributed by atoms with E-state index in [4.69, 9.17) is 4.74 Å². The fourth-order valence-corrected chi connectivity index (χ4v) is 4.18. The lowest BCUT2D eigenvalue weighted by atomic mass is 10.1. The molecule has 8 heteroatoms. The number of methoxy groups -OCH3 is 1. The molecule has 29 heavy (non-hydrogen) atoms. The van der Waals surface area contributed by atoms with Crippen molar-refractivity contribution in [2.45, 2.75) is 10.9 Å². The number of piperazine rings is 1. The first-order valence-corrected chi connectivity index (χ1v) is 10.5. The number of benzene rings is 2. The predicted molar refractivity (Wildman–Crippen MR) is 113 cm³/mol. The lowest BCUT2D eigenvalue weighted by molar-refractivity contribution is 0.0746. The van der Waals surface area contributed by atoms with Crippen LogP contribution in [0.3, 0.4) is 0 Å². The molecule has 0 saturated carbocycles. The van der Waals surface area contributed by atoms with E-state index in [1.165, 1.54) is 6.33 Å². The summed E-state index contributed by atoms with van der Waals surface area (Å²) in [6.07, 6.45) is 1.49. The van der Waals surface area contributed by atoms with Gasteiger partial charge in [-0.1, -0.05) is 30.0 Å². The van der Waals surface area contributed by atoms with Crippen molar-refractivity contribution in [1.29, 1.82) is 0 Å². The molecule has 2 heterocycles. The first-order valence-electron chi connectivity index (χ1n) is 9.49. The molecule has 1 saturated heterocycles. The minimum absolute atomic E-state index is 0.0909. The number of hydrogen-bond acceptors (Lipinski definition) is 6. The number of nitrogens with one attached hydrogen (secondary N) is 1. The molecule has 0 unspecified atom stereocenters. The number of rotatable bonds is 6. The first kappa shape index (κ1) is 19.3. The zero-order valence-corrected chi connectivity index (χ0v) is 17.1. The van der Waals surface area contributed by atoms with Gasteiger partial charge in [-0.25, -0.2) is 4.98 Å². The molecule has 1 aliphatic heterocycles. The number of H-pyrrole nitrogens is 1. The van der Waals surface area contributed by atoms with Crippen molar-refractivity contribution < 1.29 is 9.53 Å². The third-order valence-corrected chi connectivity index (χ3v) is 5.94. The molecule has 3 aromatic rings. The second-order valence-corrected chi connectivity index (χ2v) is 7.68. The average Bonchev–Trinajstić information content (AvgIpc) is 3.31. The molecule has 1 fully saturated rings. The zero-order valence-electron chi connectivity index (χ0n) is 16.2. The number of nitrogens with zero attached hydrogens (tertiary/aromatic N) is 4. The van der Waals surface area contributed by atoms with E-state index in [0.717, 1.165) is 40.8 Å². The van der Waals surface area contributed by atoms with Crippen LogP contribution in [0.4, 0.5) is 5.69 Å². The van der Waals surface area contributed by atoms with Crippen molar-refractivity contribution >= 4 is 23.4 Å². The second-order valence-electron chi connectivity index (χ2n) is 6.71. The van der Waals surface area contributed by atoms with E-state index in [2.05, 4.69) is 32.2 Å². The summed E-state index contributed by atoms with van der Waals surface area (Å²) < 4.78 is 5.23. The van der Waals surface area contributed by atoms with Crippen LogP contribution in [0.5, 0.6) is 5.75 Å². The predicted octanol–water partition coefficient (Wildman–Crippen LogP) is 3.07. The van der Waals surface area contributed by atoms with E-state index >= 15 is 0 Å². The molecule has 2 aromatic carbocycles. The van der Waals surface area contributed by atoms with Crippen LogP contribution in [0.25, 0.3) is 0 Å². The lowest BCUT2D eigenvalue weighted by Crippen LogP contribution is -2.49. The van der Waals surface area contributed by atoms with Gasteiger partial charge in [0.15, 0.2) is 5.16 Å². The molecular weight excluding hydrogens is 386 g/mol. The third kappa shape index (κ3) is 4.54. The van der Waals surface area contributed by atoms with Crippen LogP contribution in [-0.2, 0) is 5.75 Å². The molecule has 0 bridgehead atoms. The highest BCUT2D eigenvalue weighted by Gasteiger charge is 2.24. The molecule has 4 rings (SSSR count). The van der Waals surface area contributed by atoms with Crippen molar-refractivity contribution in [3.05, 3.63) is 66.0 Å². The van der Waals surface area contributed by atoms with Crippen LogP contribution < -0.4 is 9.64 Å². The maximum absolute atomic E-state index is 13.2. The van der Waals surface area contributed by atoms with Gasteiger partial charge in [-0.3, -0.25) is 9.89 Å². The Morgan fingerprint density at radius 1 is 1.10 bits per heavy atom. The van der Waals surface area contributed by atoms with Crippen LogP contribution in [0.2, 0.25) is 0 Å². The molecule has 150 valence electrons. The van der Waals surface area contributed by atoms with Gasteiger partial charge in [0.1, 0.15) is 12.1 Å². The number of ether oxygens (including phenoxy) is 1. The Morgan fingerprint density at radius 2 is 1.86 bits per heavy atom.